The van der Waals surface area contributed by atoms with E-state index in [4.69, 9.17) is 4.74 Å². The molecule has 1 aromatic rings. The molecule has 15 heavy (non-hydrogen) atoms. The molecular formula is C10H11F2NO2. The zero-order valence-corrected chi connectivity index (χ0v) is 8.41. The van der Waals surface area contributed by atoms with E-state index >= 15 is 0 Å². The lowest BCUT2D eigenvalue weighted by molar-refractivity contribution is 0.0678. The van der Waals surface area contributed by atoms with Gasteiger partial charge < -0.3 is 4.74 Å². The van der Waals surface area contributed by atoms with Crippen LogP contribution >= 0.6 is 0 Å². The number of pyridine rings is 1. The van der Waals surface area contributed by atoms with Crippen LogP contribution < -0.4 is 4.74 Å². The number of carbonyl (C=O) groups is 1. The summed E-state index contributed by atoms with van der Waals surface area (Å²) in [6.45, 7) is 3.64. The largest absolute Gasteiger partial charge is 0.475 e. The van der Waals surface area contributed by atoms with Crippen molar-refractivity contribution in [3.63, 3.8) is 0 Å². The van der Waals surface area contributed by atoms with Crippen molar-refractivity contribution in [1.82, 2.24) is 4.98 Å². The predicted octanol–water partition coefficient (Wildman–Crippen LogP) is 2.32. The van der Waals surface area contributed by atoms with Crippen LogP contribution in [0.1, 0.15) is 24.2 Å². The average Bonchev–Trinajstić information content (AvgIpc) is 2.17. The number of hydrogen-bond donors (Lipinski definition) is 0. The minimum absolute atomic E-state index is 0.0471. The van der Waals surface area contributed by atoms with Gasteiger partial charge in [0.1, 0.15) is 0 Å². The number of ether oxygens (including phenoxy) is 1. The van der Waals surface area contributed by atoms with Gasteiger partial charge in [0.25, 0.3) is 0 Å². The summed E-state index contributed by atoms with van der Waals surface area (Å²) >= 11 is 0. The number of carbonyl (C=O) groups excluding carboxylic acids is 1. The van der Waals surface area contributed by atoms with Gasteiger partial charge in [-0.1, -0.05) is 0 Å². The molecule has 0 aromatic carbocycles. The van der Waals surface area contributed by atoms with E-state index in [0.29, 0.717) is 5.88 Å². The van der Waals surface area contributed by atoms with E-state index in [2.05, 4.69) is 4.98 Å². The molecule has 0 radical (unpaired) electrons. The minimum atomic E-state index is -3.00. The molecule has 5 heteroatoms. The first-order valence-electron chi connectivity index (χ1n) is 4.45. The van der Waals surface area contributed by atoms with E-state index in [1.54, 1.807) is 0 Å². The molecule has 0 amide bonds. The van der Waals surface area contributed by atoms with E-state index in [1.165, 1.54) is 12.1 Å². The Morgan fingerprint density at radius 1 is 1.40 bits per heavy atom. The summed E-state index contributed by atoms with van der Waals surface area (Å²) in [6.07, 6.45) is -1.95. The van der Waals surface area contributed by atoms with Crippen LogP contribution in [0.4, 0.5) is 8.78 Å². The van der Waals surface area contributed by atoms with Gasteiger partial charge in [-0.05, 0) is 19.9 Å². The number of nitrogens with zero attached hydrogens (tertiary/aromatic N) is 1. The number of hydrogen-bond acceptors (Lipinski definition) is 3. The molecule has 0 bridgehead atoms. The van der Waals surface area contributed by atoms with Crippen LogP contribution in [0, 0.1) is 0 Å². The third-order valence-electron chi connectivity index (χ3n) is 1.58. The molecule has 0 aliphatic carbocycles. The Balaban J connectivity index is 2.76. The summed E-state index contributed by atoms with van der Waals surface area (Å²) < 4.78 is 29.2. The highest BCUT2D eigenvalue weighted by Gasteiger charge is 2.17. The third-order valence-corrected chi connectivity index (χ3v) is 1.58. The summed E-state index contributed by atoms with van der Waals surface area (Å²) in [7, 11) is 0. The second kappa shape index (κ2) is 4.82. The molecule has 0 spiro atoms. The fourth-order valence-electron chi connectivity index (χ4n) is 0.963. The highest BCUT2D eigenvalue weighted by Crippen LogP contribution is 2.12. The number of aromatic nitrogens is 1. The van der Waals surface area contributed by atoms with Crippen LogP contribution in [-0.2, 0) is 0 Å². The van der Waals surface area contributed by atoms with Gasteiger partial charge in [-0.3, -0.25) is 4.79 Å². The van der Waals surface area contributed by atoms with Gasteiger partial charge in [0.05, 0.1) is 6.10 Å². The Hall–Kier alpha value is -1.52. The standard InChI is InChI=1S/C10H11F2NO2/c1-6(2)15-8-4-3-7(5-13-8)9(14)10(11)12/h3-6,10H,1-2H3. The molecular weight excluding hydrogens is 204 g/mol. The molecule has 3 nitrogen and oxygen atoms in total. The van der Waals surface area contributed by atoms with Crippen molar-refractivity contribution in [3.05, 3.63) is 23.9 Å². The molecule has 1 heterocycles. The maximum absolute atomic E-state index is 12.0. The fourth-order valence-corrected chi connectivity index (χ4v) is 0.963. The number of ketones is 1. The molecule has 82 valence electrons. The zero-order valence-electron chi connectivity index (χ0n) is 8.41. The van der Waals surface area contributed by atoms with Crippen LogP contribution in [0.15, 0.2) is 18.3 Å². The van der Waals surface area contributed by atoms with Gasteiger partial charge in [-0.25, -0.2) is 13.8 Å². The number of rotatable bonds is 4. The third kappa shape index (κ3) is 3.27. The highest BCUT2D eigenvalue weighted by atomic mass is 19.3. The SMILES string of the molecule is CC(C)Oc1ccc(C(=O)C(F)F)cn1. The van der Waals surface area contributed by atoms with Crippen molar-refractivity contribution in [2.75, 3.05) is 0 Å². The maximum atomic E-state index is 12.0. The van der Waals surface area contributed by atoms with E-state index < -0.39 is 12.2 Å². The molecule has 0 unspecified atom stereocenters. The van der Waals surface area contributed by atoms with Crippen molar-refractivity contribution in [2.45, 2.75) is 26.4 Å². The van der Waals surface area contributed by atoms with E-state index in [0.717, 1.165) is 6.20 Å². The fraction of sp³-hybridized carbons (Fsp3) is 0.400. The van der Waals surface area contributed by atoms with Crippen molar-refractivity contribution < 1.29 is 18.3 Å². The number of Topliss-reactive ketones (excluding diaryl/α,β-unsaturated/α-hetero) is 1. The van der Waals surface area contributed by atoms with Gasteiger partial charge in [0.2, 0.25) is 11.7 Å². The van der Waals surface area contributed by atoms with Crippen molar-refractivity contribution >= 4 is 5.78 Å². The summed E-state index contributed by atoms with van der Waals surface area (Å²) in [5, 5.41) is 0. The van der Waals surface area contributed by atoms with Gasteiger partial charge in [-0.2, -0.15) is 0 Å². The van der Waals surface area contributed by atoms with Crippen molar-refractivity contribution in [1.29, 1.82) is 0 Å². The topological polar surface area (TPSA) is 39.2 Å². The molecule has 1 rings (SSSR count). The minimum Gasteiger partial charge on any atom is -0.475 e. The normalized spacial score (nSPS) is 10.8. The Morgan fingerprint density at radius 2 is 2.07 bits per heavy atom. The monoisotopic (exact) mass is 215 g/mol. The predicted molar refractivity (Wildman–Crippen MR) is 50.3 cm³/mol. The van der Waals surface area contributed by atoms with Crippen LogP contribution in [0.2, 0.25) is 0 Å². The Labute approximate surface area is 86.1 Å². The Kier molecular flexibility index (Phi) is 3.71. The maximum Gasteiger partial charge on any atom is 0.300 e. The quantitative estimate of drug-likeness (QED) is 0.723. The summed E-state index contributed by atoms with van der Waals surface area (Å²) in [5.74, 6) is -0.908. The molecule has 0 aliphatic rings. The van der Waals surface area contributed by atoms with Gasteiger partial charge in [0, 0.05) is 17.8 Å². The second-order valence-electron chi connectivity index (χ2n) is 3.22. The van der Waals surface area contributed by atoms with Crippen LogP contribution in [-0.4, -0.2) is 23.3 Å². The lowest BCUT2D eigenvalue weighted by atomic mass is 10.2. The van der Waals surface area contributed by atoms with Gasteiger partial charge >= 0.3 is 6.43 Å². The van der Waals surface area contributed by atoms with Gasteiger partial charge in [0.15, 0.2) is 0 Å². The first-order chi connectivity index (χ1) is 7.00. The first-order valence-corrected chi connectivity index (χ1v) is 4.45. The smallest absolute Gasteiger partial charge is 0.300 e. The van der Waals surface area contributed by atoms with Gasteiger partial charge in [-0.15, -0.1) is 0 Å². The second-order valence-corrected chi connectivity index (χ2v) is 3.22. The molecule has 0 fully saturated rings. The first kappa shape index (κ1) is 11.6. The molecule has 0 atom stereocenters. The molecule has 1 aromatic heterocycles. The summed E-state index contributed by atoms with van der Waals surface area (Å²) in [6, 6.07) is 2.68. The summed E-state index contributed by atoms with van der Waals surface area (Å²) in [4.78, 5) is 14.6. The lowest BCUT2D eigenvalue weighted by Crippen LogP contribution is -2.11. The molecule has 0 aliphatic heterocycles. The van der Waals surface area contributed by atoms with Crippen LogP contribution in [0.3, 0.4) is 0 Å². The molecule has 0 saturated carbocycles. The highest BCUT2D eigenvalue weighted by molar-refractivity contribution is 5.98. The average molecular weight is 215 g/mol. The van der Waals surface area contributed by atoms with Crippen LogP contribution in [0.5, 0.6) is 5.88 Å². The van der Waals surface area contributed by atoms with Crippen molar-refractivity contribution in [3.8, 4) is 5.88 Å². The molecule has 0 saturated heterocycles. The van der Waals surface area contributed by atoms with Crippen molar-refractivity contribution in [2.24, 2.45) is 0 Å². The van der Waals surface area contributed by atoms with Crippen LogP contribution in [0.25, 0.3) is 0 Å². The Morgan fingerprint density at radius 3 is 2.47 bits per heavy atom. The van der Waals surface area contributed by atoms with E-state index in [-0.39, 0.29) is 11.7 Å². The lowest BCUT2D eigenvalue weighted by Gasteiger charge is -2.08. The van der Waals surface area contributed by atoms with E-state index in [1.807, 2.05) is 13.8 Å². The number of halogens is 2. The van der Waals surface area contributed by atoms with E-state index in [9.17, 15) is 13.6 Å². The molecule has 0 N–H and O–H groups in total. The number of alkyl halides is 2. The summed E-state index contributed by atoms with van der Waals surface area (Å²) in [5.41, 5.74) is -0.110. The zero-order chi connectivity index (χ0) is 11.4. The Bertz CT molecular complexity index is 336.